The number of nitrogens with one attached hydrogen (secondary N) is 1. The molecule has 1 rings (SSSR count). The van der Waals surface area contributed by atoms with Crippen molar-refractivity contribution in [1.29, 1.82) is 0 Å². The van der Waals surface area contributed by atoms with E-state index in [1.165, 1.54) is 19.2 Å². The molecule has 0 aliphatic carbocycles. The number of nitro groups is 1. The van der Waals surface area contributed by atoms with E-state index in [1.807, 2.05) is 4.72 Å². The summed E-state index contributed by atoms with van der Waals surface area (Å²) in [5.41, 5.74) is -0.363. The highest BCUT2D eigenvalue weighted by molar-refractivity contribution is 7.80. The van der Waals surface area contributed by atoms with Crippen LogP contribution in [0.15, 0.2) is 18.2 Å². The Balaban J connectivity index is 3.15. The summed E-state index contributed by atoms with van der Waals surface area (Å²) >= 11 is -2.35. The summed E-state index contributed by atoms with van der Waals surface area (Å²) < 4.78 is 25.8. The summed E-state index contributed by atoms with van der Waals surface area (Å²) in [5.74, 6) is 0.302. The summed E-state index contributed by atoms with van der Waals surface area (Å²) in [6, 6.07) is 3.91. The third-order valence-corrected chi connectivity index (χ3v) is 1.99. The molecule has 82 valence electrons. The van der Waals surface area contributed by atoms with E-state index >= 15 is 0 Å². The number of methoxy groups -OCH3 is 1. The zero-order chi connectivity index (χ0) is 11.4. The van der Waals surface area contributed by atoms with Crippen LogP contribution in [0.3, 0.4) is 0 Å². The number of hydrogen-bond donors (Lipinski definition) is 2. The number of nitrogens with zero attached hydrogens (tertiary/aromatic N) is 1. The van der Waals surface area contributed by atoms with E-state index < -0.39 is 16.2 Å². The molecular weight excluding hydrogens is 224 g/mol. The van der Waals surface area contributed by atoms with Crippen LogP contribution in [0.2, 0.25) is 0 Å². The van der Waals surface area contributed by atoms with Crippen LogP contribution >= 0.6 is 0 Å². The highest BCUT2D eigenvalue weighted by Crippen LogP contribution is 2.28. The predicted molar refractivity (Wildman–Crippen MR) is 54.0 cm³/mol. The minimum Gasteiger partial charge on any atom is -0.496 e. The van der Waals surface area contributed by atoms with Gasteiger partial charge in [0.15, 0.2) is 0 Å². The minimum atomic E-state index is -2.35. The molecule has 15 heavy (non-hydrogen) atoms. The molecule has 0 amide bonds. The molecule has 2 N–H and O–H groups in total. The predicted octanol–water partition coefficient (Wildman–Crippen LogP) is 1.15. The molecule has 1 atom stereocenters. The zero-order valence-corrected chi connectivity index (χ0v) is 8.48. The van der Waals surface area contributed by atoms with Gasteiger partial charge in [0, 0.05) is 0 Å². The Hall–Kier alpha value is -1.67. The second-order valence-electron chi connectivity index (χ2n) is 2.49. The van der Waals surface area contributed by atoms with E-state index in [1.54, 1.807) is 0 Å². The van der Waals surface area contributed by atoms with Crippen LogP contribution < -0.4 is 9.46 Å². The standard InChI is InChI=1S/C7H8N2O5S/c1-14-5-2-3-6(8-15(12)13)7(4-5)9(10)11/h2-4,8H,1H3,(H,12,13). The van der Waals surface area contributed by atoms with Gasteiger partial charge in [0.25, 0.3) is 17.0 Å². The molecule has 1 unspecified atom stereocenters. The van der Waals surface area contributed by atoms with Crippen LogP contribution in [-0.4, -0.2) is 20.8 Å². The molecule has 7 nitrogen and oxygen atoms in total. The van der Waals surface area contributed by atoms with E-state index in [2.05, 4.69) is 0 Å². The lowest BCUT2D eigenvalue weighted by Crippen LogP contribution is -2.04. The molecule has 0 spiro atoms. The van der Waals surface area contributed by atoms with Crippen molar-refractivity contribution < 1.29 is 18.4 Å². The van der Waals surface area contributed by atoms with Gasteiger partial charge in [0.2, 0.25) is 0 Å². The third kappa shape index (κ3) is 2.89. The lowest BCUT2D eigenvalue weighted by atomic mass is 10.2. The molecule has 1 aromatic carbocycles. The molecule has 0 aliphatic rings. The van der Waals surface area contributed by atoms with E-state index in [-0.39, 0.29) is 11.4 Å². The van der Waals surface area contributed by atoms with Gasteiger partial charge in [-0.1, -0.05) is 0 Å². The lowest BCUT2D eigenvalue weighted by molar-refractivity contribution is -0.384. The highest BCUT2D eigenvalue weighted by atomic mass is 32.2. The van der Waals surface area contributed by atoms with Gasteiger partial charge in [-0.2, -0.15) is 0 Å². The van der Waals surface area contributed by atoms with Crippen molar-refractivity contribution in [1.82, 2.24) is 0 Å². The van der Waals surface area contributed by atoms with Gasteiger partial charge in [0.1, 0.15) is 11.4 Å². The summed E-state index contributed by atoms with van der Waals surface area (Å²) in [7, 11) is 1.37. The topological polar surface area (TPSA) is 102 Å². The monoisotopic (exact) mass is 232 g/mol. The van der Waals surface area contributed by atoms with Gasteiger partial charge in [-0.15, -0.1) is 0 Å². The fourth-order valence-corrected chi connectivity index (χ4v) is 1.33. The molecule has 0 saturated heterocycles. The largest absolute Gasteiger partial charge is 0.496 e. The van der Waals surface area contributed by atoms with Crippen LogP contribution in [-0.2, 0) is 11.3 Å². The Morgan fingerprint density at radius 1 is 1.60 bits per heavy atom. The van der Waals surface area contributed by atoms with Crippen molar-refractivity contribution >= 4 is 22.6 Å². The first-order chi connectivity index (χ1) is 7.04. The van der Waals surface area contributed by atoms with Gasteiger partial charge in [-0.05, 0) is 12.1 Å². The SMILES string of the molecule is COc1ccc(NS(=O)O)c([N+](=O)[O-])c1. The highest BCUT2D eigenvalue weighted by Gasteiger charge is 2.15. The molecule has 0 radical (unpaired) electrons. The number of ether oxygens (including phenoxy) is 1. The zero-order valence-electron chi connectivity index (χ0n) is 7.67. The van der Waals surface area contributed by atoms with Crippen molar-refractivity contribution in [3.63, 3.8) is 0 Å². The minimum absolute atomic E-state index is 0.0402. The molecule has 0 fully saturated rings. The summed E-state index contributed by atoms with van der Waals surface area (Å²) in [5, 5.41) is 10.6. The summed E-state index contributed by atoms with van der Waals surface area (Å²) in [6.07, 6.45) is 0. The van der Waals surface area contributed by atoms with E-state index in [0.717, 1.165) is 6.07 Å². The normalized spacial score (nSPS) is 11.9. The average molecular weight is 232 g/mol. The number of rotatable bonds is 4. The maximum Gasteiger partial charge on any atom is 0.297 e. The van der Waals surface area contributed by atoms with Crippen molar-refractivity contribution in [3.05, 3.63) is 28.3 Å². The number of benzene rings is 1. The van der Waals surface area contributed by atoms with Crippen LogP contribution in [0.1, 0.15) is 0 Å². The number of hydrogen-bond acceptors (Lipinski definition) is 4. The Labute approximate surface area is 87.6 Å². The van der Waals surface area contributed by atoms with Gasteiger partial charge in [-0.25, -0.2) is 4.21 Å². The lowest BCUT2D eigenvalue weighted by Gasteiger charge is -2.04. The Morgan fingerprint density at radius 3 is 2.73 bits per heavy atom. The Bertz CT molecular complexity index is 408. The molecule has 8 heteroatoms. The van der Waals surface area contributed by atoms with Gasteiger partial charge in [-0.3, -0.25) is 19.4 Å². The van der Waals surface area contributed by atoms with E-state index in [9.17, 15) is 14.3 Å². The van der Waals surface area contributed by atoms with E-state index in [4.69, 9.17) is 9.29 Å². The fraction of sp³-hybridized carbons (Fsp3) is 0.143. The molecule has 0 aliphatic heterocycles. The molecular formula is C7H8N2O5S. The number of nitro benzene ring substituents is 1. The summed E-state index contributed by atoms with van der Waals surface area (Å²) in [4.78, 5) is 9.93. The Morgan fingerprint density at radius 2 is 2.27 bits per heavy atom. The first kappa shape index (κ1) is 11.4. The smallest absolute Gasteiger partial charge is 0.297 e. The van der Waals surface area contributed by atoms with Crippen molar-refractivity contribution in [2.75, 3.05) is 11.8 Å². The molecule has 0 heterocycles. The van der Waals surface area contributed by atoms with Crippen LogP contribution in [0.25, 0.3) is 0 Å². The van der Waals surface area contributed by atoms with Crippen LogP contribution in [0.4, 0.5) is 11.4 Å². The molecule has 1 aromatic rings. The van der Waals surface area contributed by atoms with Gasteiger partial charge < -0.3 is 4.74 Å². The first-order valence-corrected chi connectivity index (χ1v) is 4.85. The van der Waals surface area contributed by atoms with E-state index in [0.29, 0.717) is 5.75 Å². The third-order valence-electron chi connectivity index (χ3n) is 1.60. The second-order valence-corrected chi connectivity index (χ2v) is 3.19. The van der Waals surface area contributed by atoms with Crippen molar-refractivity contribution in [3.8, 4) is 5.75 Å². The number of anilines is 1. The quantitative estimate of drug-likeness (QED) is 0.460. The van der Waals surface area contributed by atoms with Gasteiger partial charge in [0.05, 0.1) is 18.1 Å². The molecule has 0 bridgehead atoms. The van der Waals surface area contributed by atoms with Crippen molar-refractivity contribution in [2.24, 2.45) is 0 Å². The maximum atomic E-state index is 10.6. The van der Waals surface area contributed by atoms with Gasteiger partial charge >= 0.3 is 0 Å². The second kappa shape index (κ2) is 4.71. The molecule has 0 aromatic heterocycles. The van der Waals surface area contributed by atoms with Crippen molar-refractivity contribution in [2.45, 2.75) is 0 Å². The molecule has 0 saturated carbocycles. The fourth-order valence-electron chi connectivity index (χ4n) is 0.970. The first-order valence-electron chi connectivity index (χ1n) is 3.74. The Kier molecular flexibility index (Phi) is 3.58. The average Bonchev–Trinajstić information content (AvgIpc) is 2.17. The maximum absolute atomic E-state index is 10.6. The van der Waals surface area contributed by atoms with Crippen LogP contribution in [0.5, 0.6) is 5.75 Å². The van der Waals surface area contributed by atoms with Crippen LogP contribution in [0, 0.1) is 10.1 Å². The summed E-state index contributed by atoms with van der Waals surface area (Å²) in [6.45, 7) is 0.